The third kappa shape index (κ3) is 7.46. The zero-order valence-electron chi connectivity index (χ0n) is 27.7. The van der Waals surface area contributed by atoms with E-state index in [-0.39, 0.29) is 11.9 Å². The Morgan fingerprint density at radius 2 is 1.83 bits per heavy atom. The van der Waals surface area contributed by atoms with Crippen LogP contribution in [0.2, 0.25) is 10.0 Å². The number of benzene rings is 2. The van der Waals surface area contributed by atoms with Crippen molar-refractivity contribution in [1.82, 2.24) is 25.5 Å². The van der Waals surface area contributed by atoms with Gasteiger partial charge in [0.2, 0.25) is 11.8 Å². The summed E-state index contributed by atoms with van der Waals surface area (Å²) in [5.74, 6) is 1.41. The van der Waals surface area contributed by atoms with Crippen LogP contribution in [-0.4, -0.2) is 71.4 Å². The highest BCUT2D eigenvalue weighted by molar-refractivity contribution is 6.39. The van der Waals surface area contributed by atoms with Crippen molar-refractivity contribution in [3.05, 3.63) is 81.5 Å². The first kappa shape index (κ1) is 34.1. The summed E-state index contributed by atoms with van der Waals surface area (Å²) in [6, 6.07) is 15.8. The number of carbonyl (C=O) groups excluding carboxylic acids is 1. The number of aliphatic hydroxyl groups is 1. The highest BCUT2D eigenvalue weighted by Gasteiger charge is 2.26. The van der Waals surface area contributed by atoms with E-state index in [1.807, 2.05) is 56.3 Å². The molecule has 1 saturated heterocycles. The number of β-amino-alcohol motifs (C(OH)–C–C–N with tert-alkyl or cyclic N) is 1. The molecule has 4 heterocycles. The number of nitrogens with one attached hydrogen (secondary N) is 2. The van der Waals surface area contributed by atoms with E-state index in [1.54, 1.807) is 20.4 Å². The maximum absolute atomic E-state index is 11.5. The molecule has 1 fully saturated rings. The lowest BCUT2D eigenvalue weighted by Crippen LogP contribution is -2.41. The molecule has 0 radical (unpaired) electrons. The lowest BCUT2D eigenvalue weighted by Gasteiger charge is -2.34. The number of hydrogen-bond acceptors (Lipinski definition) is 8. The molecule has 4 aromatic rings. The minimum atomic E-state index is -0.789. The molecule has 2 aromatic carbocycles. The van der Waals surface area contributed by atoms with Gasteiger partial charge in [0, 0.05) is 79.2 Å². The number of carbonyl (C=O) groups is 1. The predicted octanol–water partition coefficient (Wildman–Crippen LogP) is 6.30. The Morgan fingerprint density at radius 3 is 2.56 bits per heavy atom. The maximum Gasteiger partial charge on any atom is 0.220 e. The molecule has 11 heteroatoms. The SMILES string of the molecule is COc1cc(-c2nccc(-c3cccc(-c4ccc(CNC[C@H]5CCC(=O)N5)c(OC)n4)c3Cl)c2Cl)cc2c1CCN(CC(C)(C)O)C2. The van der Waals surface area contributed by atoms with Gasteiger partial charge in [-0.05, 0) is 62.1 Å². The Labute approximate surface area is 291 Å². The monoisotopic (exact) mass is 689 g/mol. The molecule has 9 nitrogen and oxygen atoms in total. The smallest absolute Gasteiger partial charge is 0.220 e. The molecular weight excluding hydrogens is 649 g/mol. The van der Waals surface area contributed by atoms with Crippen molar-refractivity contribution in [1.29, 1.82) is 0 Å². The van der Waals surface area contributed by atoms with E-state index >= 15 is 0 Å². The topological polar surface area (TPSA) is 109 Å². The summed E-state index contributed by atoms with van der Waals surface area (Å²) in [5, 5.41) is 17.8. The lowest BCUT2D eigenvalue weighted by molar-refractivity contribution is -0.119. The minimum absolute atomic E-state index is 0.100. The summed E-state index contributed by atoms with van der Waals surface area (Å²) < 4.78 is 11.5. The first-order chi connectivity index (χ1) is 23.0. The van der Waals surface area contributed by atoms with Gasteiger partial charge in [0.05, 0.1) is 41.3 Å². The van der Waals surface area contributed by atoms with Gasteiger partial charge in [-0.3, -0.25) is 14.7 Å². The first-order valence-electron chi connectivity index (χ1n) is 16.2. The molecule has 0 bridgehead atoms. The molecule has 0 unspecified atom stereocenters. The molecule has 3 N–H and O–H groups in total. The number of rotatable bonds is 11. The average Bonchev–Trinajstić information content (AvgIpc) is 3.48. The third-order valence-electron chi connectivity index (χ3n) is 8.85. The molecule has 1 amide bonds. The molecule has 0 spiro atoms. The molecule has 252 valence electrons. The van der Waals surface area contributed by atoms with Crippen molar-refractivity contribution in [2.24, 2.45) is 0 Å². The number of hydrogen-bond donors (Lipinski definition) is 3. The molecule has 2 aromatic heterocycles. The van der Waals surface area contributed by atoms with E-state index < -0.39 is 5.60 Å². The van der Waals surface area contributed by atoms with Crippen molar-refractivity contribution >= 4 is 29.1 Å². The number of pyridine rings is 2. The van der Waals surface area contributed by atoms with Gasteiger partial charge in [0.15, 0.2) is 0 Å². The van der Waals surface area contributed by atoms with Gasteiger partial charge in [-0.15, -0.1) is 0 Å². The van der Waals surface area contributed by atoms with Crippen LogP contribution in [0.15, 0.2) is 54.7 Å². The largest absolute Gasteiger partial charge is 0.496 e. The third-order valence-corrected chi connectivity index (χ3v) is 9.64. The summed E-state index contributed by atoms with van der Waals surface area (Å²) >= 11 is 14.3. The van der Waals surface area contributed by atoms with E-state index in [2.05, 4.69) is 21.6 Å². The molecule has 1 atom stereocenters. The Balaban J connectivity index is 1.28. The van der Waals surface area contributed by atoms with E-state index in [0.717, 1.165) is 58.5 Å². The van der Waals surface area contributed by atoms with Crippen molar-refractivity contribution in [3.63, 3.8) is 0 Å². The van der Waals surface area contributed by atoms with Gasteiger partial charge in [0.25, 0.3) is 0 Å². The van der Waals surface area contributed by atoms with Crippen LogP contribution in [0.4, 0.5) is 0 Å². The molecular formula is C37H41Cl2N5O4. The van der Waals surface area contributed by atoms with Crippen molar-refractivity contribution in [2.45, 2.75) is 57.8 Å². The van der Waals surface area contributed by atoms with Crippen LogP contribution in [0.25, 0.3) is 33.6 Å². The van der Waals surface area contributed by atoms with Gasteiger partial charge in [-0.1, -0.05) is 47.5 Å². The van der Waals surface area contributed by atoms with Gasteiger partial charge in [0.1, 0.15) is 5.75 Å². The Kier molecular flexibility index (Phi) is 10.2. The van der Waals surface area contributed by atoms with Gasteiger partial charge in [-0.2, -0.15) is 0 Å². The number of nitrogens with zero attached hydrogens (tertiary/aromatic N) is 3. The van der Waals surface area contributed by atoms with Crippen LogP contribution in [0.3, 0.4) is 0 Å². The second-order valence-electron chi connectivity index (χ2n) is 13.1. The average molecular weight is 691 g/mol. The standard InChI is InChI=1S/C37H41Cl2N5O4/c1-37(2,46)21-44-15-13-26-24(20-44)16-23(17-31(26)47-3)35-34(39)28(12-14-41-35)27-6-5-7-29(33(27)38)30-10-8-22(36(43-30)48-4)18-40-19-25-9-11-32(45)42-25/h5-8,10,12,14,16-17,25,40,46H,9,11,13,15,18-21H2,1-4H3,(H,42,45)/t25-/m1/s1. The normalized spacial score (nSPS) is 16.5. The van der Waals surface area contributed by atoms with Crippen LogP contribution >= 0.6 is 23.2 Å². The van der Waals surface area contributed by atoms with Crippen LogP contribution in [0, 0.1) is 0 Å². The van der Waals surface area contributed by atoms with Gasteiger partial charge >= 0.3 is 0 Å². The second-order valence-corrected chi connectivity index (χ2v) is 13.8. The number of ether oxygens (including phenoxy) is 2. The number of amides is 1. The summed E-state index contributed by atoms with van der Waals surface area (Å²) in [7, 11) is 3.28. The second kappa shape index (κ2) is 14.4. The molecule has 0 aliphatic carbocycles. The van der Waals surface area contributed by atoms with E-state index in [4.69, 9.17) is 42.6 Å². The molecule has 48 heavy (non-hydrogen) atoms. The predicted molar refractivity (Wildman–Crippen MR) is 190 cm³/mol. The fourth-order valence-corrected chi connectivity index (χ4v) is 7.30. The van der Waals surface area contributed by atoms with E-state index in [9.17, 15) is 9.90 Å². The first-order valence-corrected chi connectivity index (χ1v) is 16.9. The zero-order chi connectivity index (χ0) is 34.0. The van der Waals surface area contributed by atoms with Crippen LogP contribution in [0.1, 0.15) is 43.4 Å². The highest BCUT2D eigenvalue weighted by atomic mass is 35.5. The van der Waals surface area contributed by atoms with Crippen molar-refractivity contribution in [2.75, 3.05) is 33.9 Å². The quantitative estimate of drug-likeness (QED) is 0.168. The zero-order valence-corrected chi connectivity index (χ0v) is 29.2. The molecule has 6 rings (SSSR count). The van der Waals surface area contributed by atoms with Crippen LogP contribution in [-0.2, 0) is 24.3 Å². The number of fused-ring (bicyclic) bond motifs is 1. The fourth-order valence-electron chi connectivity index (χ4n) is 6.65. The number of halogens is 2. The lowest BCUT2D eigenvalue weighted by atomic mass is 9.93. The number of aromatic nitrogens is 2. The van der Waals surface area contributed by atoms with Crippen LogP contribution < -0.4 is 20.1 Å². The molecule has 2 aliphatic heterocycles. The summed E-state index contributed by atoms with van der Waals surface area (Å²) in [4.78, 5) is 23.3. The Bertz CT molecular complexity index is 1830. The van der Waals surface area contributed by atoms with Gasteiger partial charge < -0.3 is 25.2 Å². The van der Waals surface area contributed by atoms with Crippen LogP contribution in [0.5, 0.6) is 11.6 Å². The Morgan fingerprint density at radius 1 is 1.04 bits per heavy atom. The maximum atomic E-state index is 11.5. The van der Waals surface area contributed by atoms with Crippen molar-refractivity contribution < 1.29 is 19.4 Å². The minimum Gasteiger partial charge on any atom is -0.496 e. The van der Waals surface area contributed by atoms with Gasteiger partial charge in [-0.25, -0.2) is 4.98 Å². The Hall–Kier alpha value is -3.73. The highest BCUT2D eigenvalue weighted by Crippen LogP contribution is 2.43. The molecule has 2 aliphatic rings. The van der Waals surface area contributed by atoms with Crippen molar-refractivity contribution in [3.8, 4) is 45.3 Å². The van der Waals surface area contributed by atoms with E-state index in [1.165, 1.54) is 5.56 Å². The summed E-state index contributed by atoms with van der Waals surface area (Å²) in [5.41, 5.74) is 6.82. The summed E-state index contributed by atoms with van der Waals surface area (Å²) in [6.45, 7) is 7.00. The number of methoxy groups -OCH3 is 2. The molecule has 0 saturated carbocycles. The fraction of sp³-hybridized carbons (Fsp3) is 0.378. The van der Waals surface area contributed by atoms with E-state index in [0.29, 0.717) is 59.9 Å². The summed E-state index contributed by atoms with van der Waals surface area (Å²) in [6.07, 6.45) is 3.98.